The molecule has 1 saturated heterocycles. The zero-order valence-corrected chi connectivity index (χ0v) is 17.5. The van der Waals surface area contributed by atoms with E-state index in [-0.39, 0.29) is 24.2 Å². The number of hydrogen-bond acceptors (Lipinski definition) is 3. The molecular formula is C23H28FN3O2. The molecule has 0 radical (unpaired) electrons. The summed E-state index contributed by atoms with van der Waals surface area (Å²) >= 11 is 0. The van der Waals surface area contributed by atoms with Crippen molar-refractivity contribution in [3.05, 3.63) is 58.9 Å². The van der Waals surface area contributed by atoms with Gasteiger partial charge in [0.25, 0.3) is 0 Å². The average Bonchev–Trinajstić information content (AvgIpc) is 2.66. The first-order chi connectivity index (χ1) is 13.8. The summed E-state index contributed by atoms with van der Waals surface area (Å²) < 4.78 is 14.0. The fourth-order valence-corrected chi connectivity index (χ4v) is 4.09. The van der Waals surface area contributed by atoms with Crippen LogP contribution in [0.3, 0.4) is 0 Å². The van der Waals surface area contributed by atoms with E-state index in [1.807, 2.05) is 43.9 Å². The predicted octanol–water partition coefficient (Wildman–Crippen LogP) is 3.45. The van der Waals surface area contributed by atoms with Crippen molar-refractivity contribution in [2.45, 2.75) is 27.7 Å². The highest BCUT2D eigenvalue weighted by Gasteiger charge is 2.26. The molecule has 0 bridgehead atoms. The topological polar surface area (TPSA) is 43.9 Å². The number of nitrogens with zero attached hydrogens (tertiary/aromatic N) is 3. The van der Waals surface area contributed by atoms with Gasteiger partial charge in [-0.2, -0.15) is 0 Å². The number of amides is 2. The maximum Gasteiger partial charge on any atom is 0.242 e. The van der Waals surface area contributed by atoms with E-state index in [2.05, 4.69) is 0 Å². The molecule has 0 unspecified atom stereocenters. The number of carbonyl (C=O) groups excluding carboxylic acids is 2. The third-order valence-electron chi connectivity index (χ3n) is 5.40. The van der Waals surface area contributed by atoms with Gasteiger partial charge in [0.15, 0.2) is 0 Å². The largest absolute Gasteiger partial charge is 0.366 e. The molecule has 1 aliphatic heterocycles. The summed E-state index contributed by atoms with van der Waals surface area (Å²) in [4.78, 5) is 30.5. The number of aryl methyl sites for hydroxylation is 3. The molecule has 29 heavy (non-hydrogen) atoms. The van der Waals surface area contributed by atoms with Gasteiger partial charge in [-0.1, -0.05) is 29.8 Å². The Labute approximate surface area is 171 Å². The minimum atomic E-state index is -0.250. The summed E-state index contributed by atoms with van der Waals surface area (Å²) in [7, 11) is 0. The van der Waals surface area contributed by atoms with Crippen LogP contribution in [0.15, 0.2) is 36.4 Å². The number of rotatable bonds is 4. The number of benzene rings is 2. The minimum Gasteiger partial charge on any atom is -0.366 e. The lowest BCUT2D eigenvalue weighted by Gasteiger charge is -2.37. The summed E-state index contributed by atoms with van der Waals surface area (Å²) in [5.41, 5.74) is 4.46. The smallest absolute Gasteiger partial charge is 0.242 e. The van der Waals surface area contributed by atoms with Gasteiger partial charge in [0.05, 0.1) is 11.4 Å². The number of hydrogen-bond donors (Lipinski definition) is 0. The standard InChI is InChI=1S/C23H28FN3O2/c1-16-13-17(2)23(18(3)14-16)27(19(4)28)15-22(29)26-11-9-25(10-12-26)21-8-6-5-7-20(21)24/h5-8,13-14H,9-12,15H2,1-4H3. The van der Waals surface area contributed by atoms with E-state index in [0.717, 1.165) is 22.4 Å². The summed E-state index contributed by atoms with van der Waals surface area (Å²) in [6, 6.07) is 10.7. The van der Waals surface area contributed by atoms with Crippen LogP contribution in [-0.2, 0) is 9.59 Å². The van der Waals surface area contributed by atoms with Crippen molar-refractivity contribution in [2.75, 3.05) is 42.5 Å². The van der Waals surface area contributed by atoms with E-state index in [1.54, 1.807) is 21.9 Å². The van der Waals surface area contributed by atoms with Crippen molar-refractivity contribution in [1.82, 2.24) is 4.90 Å². The third-order valence-corrected chi connectivity index (χ3v) is 5.40. The molecule has 0 N–H and O–H groups in total. The fraction of sp³-hybridized carbons (Fsp3) is 0.391. The first-order valence-corrected chi connectivity index (χ1v) is 9.91. The highest BCUT2D eigenvalue weighted by molar-refractivity contribution is 5.98. The van der Waals surface area contributed by atoms with E-state index in [9.17, 15) is 14.0 Å². The van der Waals surface area contributed by atoms with Crippen molar-refractivity contribution in [3.63, 3.8) is 0 Å². The number of piperazine rings is 1. The van der Waals surface area contributed by atoms with Crippen LogP contribution < -0.4 is 9.80 Å². The summed E-state index contributed by atoms with van der Waals surface area (Å²) in [5, 5.41) is 0. The molecule has 0 aliphatic carbocycles. The molecule has 0 spiro atoms. The first-order valence-electron chi connectivity index (χ1n) is 9.91. The normalized spacial score (nSPS) is 14.1. The second-order valence-electron chi connectivity index (χ2n) is 7.67. The van der Waals surface area contributed by atoms with Crippen molar-refractivity contribution in [3.8, 4) is 0 Å². The lowest BCUT2D eigenvalue weighted by molar-refractivity contribution is -0.131. The van der Waals surface area contributed by atoms with Crippen molar-refractivity contribution >= 4 is 23.2 Å². The fourth-order valence-electron chi connectivity index (χ4n) is 4.09. The Bertz CT molecular complexity index is 897. The second-order valence-corrected chi connectivity index (χ2v) is 7.67. The maximum absolute atomic E-state index is 14.0. The molecule has 2 aromatic carbocycles. The Hall–Kier alpha value is -2.89. The number of halogens is 1. The SMILES string of the molecule is CC(=O)N(CC(=O)N1CCN(c2ccccc2F)CC1)c1c(C)cc(C)cc1C. The van der Waals surface area contributed by atoms with Crippen LogP contribution in [0.2, 0.25) is 0 Å². The molecule has 2 amide bonds. The molecule has 2 aromatic rings. The van der Waals surface area contributed by atoms with Gasteiger partial charge in [-0.05, 0) is 44.0 Å². The van der Waals surface area contributed by atoms with E-state index < -0.39 is 0 Å². The molecule has 1 aliphatic rings. The number of carbonyl (C=O) groups is 2. The zero-order chi connectivity index (χ0) is 21.1. The molecule has 154 valence electrons. The van der Waals surface area contributed by atoms with Gasteiger partial charge < -0.3 is 14.7 Å². The monoisotopic (exact) mass is 397 g/mol. The Balaban J connectivity index is 1.69. The molecule has 3 rings (SSSR count). The summed E-state index contributed by atoms with van der Waals surface area (Å²) in [6.07, 6.45) is 0. The van der Waals surface area contributed by atoms with Crippen molar-refractivity contribution in [1.29, 1.82) is 0 Å². The van der Waals surface area contributed by atoms with E-state index in [0.29, 0.717) is 31.9 Å². The van der Waals surface area contributed by atoms with E-state index >= 15 is 0 Å². The quantitative estimate of drug-likeness (QED) is 0.794. The molecule has 0 aromatic heterocycles. The van der Waals surface area contributed by atoms with E-state index in [4.69, 9.17) is 0 Å². The second kappa shape index (κ2) is 8.64. The van der Waals surface area contributed by atoms with E-state index in [1.165, 1.54) is 13.0 Å². The van der Waals surface area contributed by atoms with Crippen LogP contribution in [0.5, 0.6) is 0 Å². The molecular weight excluding hydrogens is 369 g/mol. The van der Waals surface area contributed by atoms with Gasteiger partial charge >= 0.3 is 0 Å². The third kappa shape index (κ3) is 4.58. The van der Waals surface area contributed by atoms with Gasteiger partial charge in [0, 0.05) is 33.1 Å². The van der Waals surface area contributed by atoms with Gasteiger partial charge in [0.1, 0.15) is 12.4 Å². The number of para-hydroxylation sites is 1. The van der Waals surface area contributed by atoms with Crippen LogP contribution >= 0.6 is 0 Å². The van der Waals surface area contributed by atoms with Crippen LogP contribution in [0.25, 0.3) is 0 Å². The molecule has 0 atom stereocenters. The van der Waals surface area contributed by atoms with Gasteiger partial charge in [-0.25, -0.2) is 4.39 Å². The Morgan fingerprint density at radius 3 is 2.14 bits per heavy atom. The molecule has 0 saturated carbocycles. The summed E-state index contributed by atoms with van der Waals surface area (Å²) in [6.45, 7) is 9.58. The van der Waals surface area contributed by atoms with Gasteiger partial charge in [-0.15, -0.1) is 0 Å². The average molecular weight is 397 g/mol. The lowest BCUT2D eigenvalue weighted by Crippen LogP contribution is -2.52. The Morgan fingerprint density at radius 2 is 1.59 bits per heavy atom. The van der Waals surface area contributed by atoms with Crippen LogP contribution in [-0.4, -0.2) is 49.4 Å². The molecule has 1 heterocycles. The first kappa shape index (κ1) is 20.8. The van der Waals surface area contributed by atoms with Crippen molar-refractivity contribution in [2.24, 2.45) is 0 Å². The highest BCUT2D eigenvalue weighted by atomic mass is 19.1. The molecule has 6 heteroatoms. The Morgan fingerprint density at radius 1 is 1.00 bits per heavy atom. The highest BCUT2D eigenvalue weighted by Crippen LogP contribution is 2.27. The van der Waals surface area contributed by atoms with Gasteiger partial charge in [-0.3, -0.25) is 9.59 Å². The Kier molecular flexibility index (Phi) is 6.20. The maximum atomic E-state index is 14.0. The minimum absolute atomic E-state index is 0.0137. The van der Waals surface area contributed by atoms with Crippen LogP contribution in [0.1, 0.15) is 23.6 Å². The van der Waals surface area contributed by atoms with Gasteiger partial charge in [0.2, 0.25) is 11.8 Å². The van der Waals surface area contributed by atoms with Crippen LogP contribution in [0, 0.1) is 26.6 Å². The predicted molar refractivity (Wildman–Crippen MR) is 114 cm³/mol. The van der Waals surface area contributed by atoms with Crippen molar-refractivity contribution < 1.29 is 14.0 Å². The summed E-state index contributed by atoms with van der Waals surface area (Å²) in [5.74, 6) is -0.494. The lowest BCUT2D eigenvalue weighted by atomic mass is 10.0. The molecule has 1 fully saturated rings. The van der Waals surface area contributed by atoms with Crippen LogP contribution in [0.4, 0.5) is 15.8 Å². The molecule has 5 nitrogen and oxygen atoms in total. The zero-order valence-electron chi connectivity index (χ0n) is 17.5. The number of anilines is 2.